The smallest absolute Gasteiger partial charge is 0.0695 e. The molecule has 2 nitrogen and oxygen atoms in total. The molecule has 1 aromatic rings. The molecule has 1 aliphatic carbocycles. The molecule has 0 unspecified atom stereocenters. The van der Waals surface area contributed by atoms with Crippen LogP contribution in [0.4, 0.5) is 0 Å². The van der Waals surface area contributed by atoms with E-state index in [-0.39, 0.29) is 6.10 Å². The Morgan fingerprint density at radius 3 is 2.53 bits per heavy atom. The van der Waals surface area contributed by atoms with Crippen molar-refractivity contribution in [3.63, 3.8) is 0 Å². The van der Waals surface area contributed by atoms with Gasteiger partial charge in [0.25, 0.3) is 0 Å². The lowest BCUT2D eigenvalue weighted by Gasteiger charge is -2.39. The Balaban J connectivity index is 1.66. The van der Waals surface area contributed by atoms with Crippen LogP contribution >= 0.6 is 0 Å². The van der Waals surface area contributed by atoms with Crippen molar-refractivity contribution in [2.45, 2.75) is 44.2 Å². The summed E-state index contributed by atoms with van der Waals surface area (Å²) in [7, 11) is 0. The zero-order valence-electron chi connectivity index (χ0n) is 11.5. The Bertz CT molecular complexity index is 440. The number of hydrogen-bond acceptors (Lipinski definition) is 2. The van der Waals surface area contributed by atoms with Gasteiger partial charge >= 0.3 is 0 Å². The highest BCUT2D eigenvalue weighted by atomic mass is 16.3. The summed E-state index contributed by atoms with van der Waals surface area (Å²) in [5.74, 6) is 0. The van der Waals surface area contributed by atoms with Gasteiger partial charge in [-0.05, 0) is 30.4 Å². The molecule has 1 saturated carbocycles. The average molecular weight is 257 g/mol. The van der Waals surface area contributed by atoms with Crippen molar-refractivity contribution in [3.05, 3.63) is 42.0 Å². The Morgan fingerprint density at radius 2 is 1.84 bits per heavy atom. The molecular formula is C17H23NO. The van der Waals surface area contributed by atoms with Crippen molar-refractivity contribution in [2.24, 2.45) is 0 Å². The first-order valence-electron chi connectivity index (χ1n) is 7.51. The predicted molar refractivity (Wildman–Crippen MR) is 78.9 cm³/mol. The first-order chi connectivity index (χ1) is 9.34. The topological polar surface area (TPSA) is 23.5 Å². The lowest BCUT2D eigenvalue weighted by molar-refractivity contribution is 0.0248. The molecule has 1 aliphatic heterocycles. The second-order valence-corrected chi connectivity index (χ2v) is 5.76. The van der Waals surface area contributed by atoms with Crippen molar-refractivity contribution in [2.75, 3.05) is 13.1 Å². The van der Waals surface area contributed by atoms with Gasteiger partial charge in [0, 0.05) is 19.1 Å². The molecule has 2 heteroatoms. The largest absolute Gasteiger partial charge is 0.391 e. The third kappa shape index (κ3) is 2.90. The van der Waals surface area contributed by atoms with Crippen molar-refractivity contribution in [3.8, 4) is 0 Å². The number of benzene rings is 1. The Labute approximate surface area is 115 Å². The highest BCUT2D eigenvalue weighted by Gasteiger charge is 2.29. The van der Waals surface area contributed by atoms with Crippen LogP contribution in [0.5, 0.6) is 0 Å². The van der Waals surface area contributed by atoms with Crippen molar-refractivity contribution in [1.82, 2.24) is 4.90 Å². The molecule has 0 aromatic heterocycles. The van der Waals surface area contributed by atoms with Gasteiger partial charge in [0.1, 0.15) is 0 Å². The third-order valence-corrected chi connectivity index (χ3v) is 4.55. The molecule has 19 heavy (non-hydrogen) atoms. The van der Waals surface area contributed by atoms with E-state index in [4.69, 9.17) is 0 Å². The van der Waals surface area contributed by atoms with E-state index in [1.54, 1.807) is 0 Å². The zero-order chi connectivity index (χ0) is 13.1. The third-order valence-electron chi connectivity index (χ3n) is 4.55. The van der Waals surface area contributed by atoms with Gasteiger partial charge in [-0.1, -0.05) is 49.2 Å². The normalized spacial score (nSPS) is 29.0. The molecule has 1 fully saturated rings. The van der Waals surface area contributed by atoms with E-state index in [9.17, 15) is 5.11 Å². The molecule has 3 rings (SSSR count). The minimum Gasteiger partial charge on any atom is -0.391 e. The number of hydrogen-bond donors (Lipinski definition) is 1. The monoisotopic (exact) mass is 257 g/mol. The van der Waals surface area contributed by atoms with Crippen LogP contribution in [0.15, 0.2) is 36.4 Å². The standard InChI is InChI=1S/C17H23NO/c19-17-9-5-4-8-16(17)18-12-10-15(11-13-18)14-6-2-1-3-7-14/h1-3,6-7,10,16-17,19H,4-5,8-9,11-13H2/t16-,17-/m1/s1. The molecular weight excluding hydrogens is 234 g/mol. The molecule has 1 N–H and O–H groups in total. The minimum absolute atomic E-state index is 0.111. The van der Waals surface area contributed by atoms with E-state index < -0.39 is 0 Å². The minimum atomic E-state index is -0.111. The van der Waals surface area contributed by atoms with Crippen LogP contribution in [0.1, 0.15) is 37.7 Å². The fraction of sp³-hybridized carbons (Fsp3) is 0.529. The van der Waals surface area contributed by atoms with Crippen molar-refractivity contribution < 1.29 is 5.11 Å². The van der Waals surface area contributed by atoms with Gasteiger partial charge in [0.2, 0.25) is 0 Å². The van der Waals surface area contributed by atoms with Crippen LogP contribution < -0.4 is 0 Å². The second-order valence-electron chi connectivity index (χ2n) is 5.76. The second kappa shape index (κ2) is 5.89. The summed E-state index contributed by atoms with van der Waals surface area (Å²) >= 11 is 0. The maximum absolute atomic E-state index is 10.1. The van der Waals surface area contributed by atoms with Gasteiger partial charge in [0.15, 0.2) is 0 Å². The van der Waals surface area contributed by atoms with E-state index in [2.05, 4.69) is 41.3 Å². The van der Waals surface area contributed by atoms with Crippen molar-refractivity contribution >= 4 is 5.57 Å². The molecule has 1 heterocycles. The number of aliphatic hydroxyl groups is 1. The molecule has 2 aliphatic rings. The molecule has 0 bridgehead atoms. The number of aliphatic hydroxyl groups excluding tert-OH is 1. The summed E-state index contributed by atoms with van der Waals surface area (Å²) in [4.78, 5) is 2.47. The van der Waals surface area contributed by atoms with Gasteiger partial charge < -0.3 is 5.11 Å². The maximum atomic E-state index is 10.1. The van der Waals surface area contributed by atoms with Crippen LogP contribution in [-0.2, 0) is 0 Å². The summed E-state index contributed by atoms with van der Waals surface area (Å²) in [6.45, 7) is 2.08. The zero-order valence-corrected chi connectivity index (χ0v) is 11.5. The SMILES string of the molecule is O[C@@H]1CCCC[C@H]1N1CC=C(c2ccccc2)CC1. The maximum Gasteiger partial charge on any atom is 0.0695 e. The van der Waals surface area contributed by atoms with E-state index in [0.29, 0.717) is 6.04 Å². The van der Waals surface area contributed by atoms with Crippen LogP contribution in [0, 0.1) is 0 Å². The summed E-state index contributed by atoms with van der Waals surface area (Å²) in [5.41, 5.74) is 2.81. The summed E-state index contributed by atoms with van der Waals surface area (Å²) < 4.78 is 0. The Morgan fingerprint density at radius 1 is 1.05 bits per heavy atom. The van der Waals surface area contributed by atoms with Gasteiger partial charge in [-0.3, -0.25) is 4.90 Å². The summed E-state index contributed by atoms with van der Waals surface area (Å²) in [6, 6.07) is 11.1. The molecule has 102 valence electrons. The van der Waals surface area contributed by atoms with Crippen LogP contribution in [0.25, 0.3) is 5.57 Å². The van der Waals surface area contributed by atoms with E-state index in [1.807, 2.05) is 0 Å². The van der Waals surface area contributed by atoms with Gasteiger partial charge in [-0.2, -0.15) is 0 Å². The highest BCUT2D eigenvalue weighted by Crippen LogP contribution is 2.28. The Kier molecular flexibility index (Phi) is 4.00. The van der Waals surface area contributed by atoms with Crippen LogP contribution in [-0.4, -0.2) is 35.2 Å². The van der Waals surface area contributed by atoms with Gasteiger partial charge in [-0.25, -0.2) is 0 Å². The van der Waals surface area contributed by atoms with Gasteiger partial charge in [0.05, 0.1) is 6.10 Å². The quantitative estimate of drug-likeness (QED) is 0.880. The lowest BCUT2D eigenvalue weighted by atomic mass is 9.89. The molecule has 0 amide bonds. The number of rotatable bonds is 2. The average Bonchev–Trinajstić information content (AvgIpc) is 2.49. The number of nitrogens with zero attached hydrogens (tertiary/aromatic N) is 1. The molecule has 0 saturated heterocycles. The first-order valence-corrected chi connectivity index (χ1v) is 7.51. The summed E-state index contributed by atoms with van der Waals surface area (Å²) in [6.07, 6.45) is 7.95. The predicted octanol–water partition coefficient (Wildman–Crippen LogP) is 3.08. The first kappa shape index (κ1) is 12.9. The van der Waals surface area contributed by atoms with Crippen LogP contribution in [0.3, 0.4) is 0 Å². The fourth-order valence-corrected chi connectivity index (χ4v) is 3.42. The molecule has 2 atom stereocenters. The van der Waals surface area contributed by atoms with Gasteiger partial charge in [-0.15, -0.1) is 0 Å². The highest BCUT2D eigenvalue weighted by molar-refractivity contribution is 5.66. The Hall–Kier alpha value is -1.12. The fourth-order valence-electron chi connectivity index (χ4n) is 3.42. The van der Waals surface area contributed by atoms with E-state index >= 15 is 0 Å². The molecule has 0 spiro atoms. The van der Waals surface area contributed by atoms with E-state index in [0.717, 1.165) is 32.4 Å². The van der Waals surface area contributed by atoms with Crippen LogP contribution in [0.2, 0.25) is 0 Å². The van der Waals surface area contributed by atoms with E-state index in [1.165, 1.54) is 24.0 Å². The van der Waals surface area contributed by atoms with Crippen molar-refractivity contribution in [1.29, 1.82) is 0 Å². The molecule has 0 radical (unpaired) electrons. The summed E-state index contributed by atoms with van der Waals surface area (Å²) in [5, 5.41) is 10.1. The molecule has 1 aromatic carbocycles. The lowest BCUT2D eigenvalue weighted by Crippen LogP contribution is -2.47.